The number of hydrogen-bond acceptors (Lipinski definition) is 4. The van der Waals surface area contributed by atoms with Crippen LogP contribution >= 0.6 is 0 Å². The molecule has 0 saturated carbocycles. The maximum Gasteiger partial charge on any atom is 0.305 e. The third kappa shape index (κ3) is 5.73. The van der Waals surface area contributed by atoms with Gasteiger partial charge in [0.15, 0.2) is 11.9 Å². The highest BCUT2D eigenvalue weighted by Crippen LogP contribution is 2.17. The van der Waals surface area contributed by atoms with Gasteiger partial charge < -0.3 is 14.7 Å². The second-order valence-corrected chi connectivity index (χ2v) is 5.61. The van der Waals surface area contributed by atoms with E-state index in [9.17, 15) is 14.4 Å². The van der Waals surface area contributed by atoms with Gasteiger partial charge in [0, 0.05) is 18.2 Å². The quantitative estimate of drug-likeness (QED) is 0.743. The first-order valence-electron chi connectivity index (χ1n) is 7.52. The molecular formula is C17H23NO5. The molecule has 0 heterocycles. The lowest BCUT2D eigenvalue weighted by Gasteiger charge is -2.29. The third-order valence-electron chi connectivity index (χ3n) is 3.37. The Balaban J connectivity index is 2.79. The highest BCUT2D eigenvalue weighted by atomic mass is 16.5. The van der Waals surface area contributed by atoms with E-state index >= 15 is 0 Å². The molecule has 0 spiro atoms. The highest BCUT2D eigenvalue weighted by Gasteiger charge is 2.24. The number of Topliss-reactive ketones (excluding diaryl/α,β-unsaturated/α-hetero) is 1. The molecule has 0 saturated heterocycles. The molecule has 1 rings (SSSR count). The molecule has 6 heteroatoms. The van der Waals surface area contributed by atoms with Gasteiger partial charge >= 0.3 is 5.97 Å². The van der Waals surface area contributed by atoms with Crippen molar-refractivity contribution in [2.24, 2.45) is 0 Å². The molecule has 1 aromatic rings. The minimum Gasteiger partial charge on any atom is -0.481 e. The van der Waals surface area contributed by atoms with Crippen molar-refractivity contribution in [2.75, 3.05) is 6.54 Å². The summed E-state index contributed by atoms with van der Waals surface area (Å²) in [4.78, 5) is 36.0. The van der Waals surface area contributed by atoms with E-state index in [2.05, 4.69) is 0 Å². The summed E-state index contributed by atoms with van der Waals surface area (Å²) in [7, 11) is 0. The number of carboxylic acids is 1. The highest BCUT2D eigenvalue weighted by molar-refractivity contribution is 5.94. The fourth-order valence-corrected chi connectivity index (χ4v) is 2.12. The molecular weight excluding hydrogens is 298 g/mol. The molecule has 0 bridgehead atoms. The van der Waals surface area contributed by atoms with Crippen LogP contribution in [0.25, 0.3) is 0 Å². The Morgan fingerprint density at radius 2 is 1.87 bits per heavy atom. The van der Waals surface area contributed by atoms with Crippen molar-refractivity contribution in [2.45, 2.75) is 46.3 Å². The zero-order valence-electron chi connectivity index (χ0n) is 13.9. The average Bonchev–Trinajstić information content (AvgIpc) is 2.46. The summed E-state index contributed by atoms with van der Waals surface area (Å²) in [5.74, 6) is -0.888. The SMILES string of the molecule is CC(=O)c1cccc(OC(C)C(=O)N(CCC(=O)O)C(C)C)c1. The topological polar surface area (TPSA) is 83.9 Å². The van der Waals surface area contributed by atoms with E-state index in [0.29, 0.717) is 11.3 Å². The number of rotatable bonds is 8. The molecule has 1 unspecified atom stereocenters. The van der Waals surface area contributed by atoms with Crippen molar-refractivity contribution in [3.05, 3.63) is 29.8 Å². The summed E-state index contributed by atoms with van der Waals surface area (Å²) in [6.45, 7) is 6.84. The van der Waals surface area contributed by atoms with Gasteiger partial charge in [0.25, 0.3) is 5.91 Å². The number of benzene rings is 1. The maximum atomic E-state index is 12.5. The second kappa shape index (κ2) is 8.31. The molecule has 1 N–H and O–H groups in total. The van der Waals surface area contributed by atoms with Gasteiger partial charge in [-0.05, 0) is 39.8 Å². The van der Waals surface area contributed by atoms with Crippen molar-refractivity contribution in [1.29, 1.82) is 0 Å². The summed E-state index contributed by atoms with van der Waals surface area (Å²) in [5.41, 5.74) is 0.508. The molecule has 23 heavy (non-hydrogen) atoms. The van der Waals surface area contributed by atoms with Gasteiger partial charge in [-0.1, -0.05) is 12.1 Å². The van der Waals surface area contributed by atoms with Gasteiger partial charge in [0.2, 0.25) is 0 Å². The van der Waals surface area contributed by atoms with Crippen LogP contribution in [0.1, 0.15) is 44.5 Å². The Morgan fingerprint density at radius 1 is 1.22 bits per heavy atom. The molecule has 0 fully saturated rings. The van der Waals surface area contributed by atoms with Crippen molar-refractivity contribution < 1.29 is 24.2 Å². The number of amides is 1. The zero-order valence-corrected chi connectivity index (χ0v) is 13.9. The van der Waals surface area contributed by atoms with Crippen molar-refractivity contribution in [3.63, 3.8) is 0 Å². The molecule has 1 amide bonds. The van der Waals surface area contributed by atoms with E-state index < -0.39 is 12.1 Å². The molecule has 0 aliphatic heterocycles. The Bertz CT molecular complexity index is 582. The summed E-state index contributed by atoms with van der Waals surface area (Å²) >= 11 is 0. The van der Waals surface area contributed by atoms with Crippen molar-refractivity contribution >= 4 is 17.7 Å². The number of carboxylic acid groups (broad SMARTS) is 1. The Morgan fingerprint density at radius 3 is 2.39 bits per heavy atom. The molecule has 6 nitrogen and oxygen atoms in total. The number of carbonyl (C=O) groups excluding carboxylic acids is 2. The second-order valence-electron chi connectivity index (χ2n) is 5.61. The maximum absolute atomic E-state index is 12.5. The van der Waals surface area contributed by atoms with Crippen LogP contribution in [0, 0.1) is 0 Å². The summed E-state index contributed by atoms with van der Waals surface area (Å²) < 4.78 is 5.61. The predicted molar refractivity (Wildman–Crippen MR) is 85.6 cm³/mol. The average molecular weight is 321 g/mol. The lowest BCUT2D eigenvalue weighted by Crippen LogP contribution is -2.45. The van der Waals surface area contributed by atoms with E-state index in [0.717, 1.165) is 0 Å². The number of ketones is 1. The largest absolute Gasteiger partial charge is 0.481 e. The minimum absolute atomic E-state index is 0.0836. The summed E-state index contributed by atoms with van der Waals surface area (Å²) in [6.07, 6.45) is -0.885. The van der Waals surface area contributed by atoms with Crippen LogP contribution in [0.2, 0.25) is 0 Å². The standard InChI is InChI=1S/C17H23NO5/c1-11(2)18(9-8-16(20)21)17(22)13(4)23-15-7-5-6-14(10-15)12(3)19/h5-7,10-11,13H,8-9H2,1-4H3,(H,20,21). The van der Waals surface area contributed by atoms with Crippen molar-refractivity contribution in [3.8, 4) is 5.75 Å². The predicted octanol–water partition coefficient (Wildman–Crippen LogP) is 2.37. The van der Waals surface area contributed by atoms with Crippen LogP contribution in [-0.2, 0) is 9.59 Å². The van der Waals surface area contributed by atoms with Gasteiger partial charge in [-0.2, -0.15) is 0 Å². The Kier molecular flexibility index (Phi) is 6.75. The fourth-order valence-electron chi connectivity index (χ4n) is 2.12. The van der Waals surface area contributed by atoms with Gasteiger partial charge in [0.05, 0.1) is 6.42 Å². The van der Waals surface area contributed by atoms with Crippen LogP contribution in [0.5, 0.6) is 5.75 Å². The summed E-state index contributed by atoms with van der Waals surface area (Å²) in [6, 6.07) is 6.50. The first-order valence-corrected chi connectivity index (χ1v) is 7.52. The number of nitrogens with zero attached hydrogens (tertiary/aromatic N) is 1. The molecule has 126 valence electrons. The normalized spacial score (nSPS) is 11.9. The molecule has 1 aromatic carbocycles. The third-order valence-corrected chi connectivity index (χ3v) is 3.37. The molecule has 0 aromatic heterocycles. The smallest absolute Gasteiger partial charge is 0.305 e. The van der Waals surface area contributed by atoms with E-state index in [1.165, 1.54) is 11.8 Å². The van der Waals surface area contributed by atoms with Crippen LogP contribution in [0.3, 0.4) is 0 Å². The van der Waals surface area contributed by atoms with Crippen LogP contribution in [0.15, 0.2) is 24.3 Å². The first kappa shape index (κ1) is 18.7. The molecule has 1 atom stereocenters. The van der Waals surface area contributed by atoms with E-state index in [-0.39, 0.29) is 30.7 Å². The monoisotopic (exact) mass is 321 g/mol. The zero-order chi connectivity index (χ0) is 17.6. The van der Waals surface area contributed by atoms with E-state index in [4.69, 9.17) is 9.84 Å². The van der Waals surface area contributed by atoms with E-state index in [1.54, 1.807) is 31.2 Å². The number of hydrogen-bond donors (Lipinski definition) is 1. The van der Waals surface area contributed by atoms with Gasteiger partial charge in [-0.3, -0.25) is 14.4 Å². The van der Waals surface area contributed by atoms with Gasteiger partial charge in [0.1, 0.15) is 5.75 Å². The molecule has 0 aliphatic rings. The summed E-state index contributed by atoms with van der Waals surface area (Å²) in [5, 5.41) is 8.78. The van der Waals surface area contributed by atoms with Crippen molar-refractivity contribution in [1.82, 2.24) is 4.90 Å². The lowest BCUT2D eigenvalue weighted by molar-refractivity contribution is -0.142. The van der Waals surface area contributed by atoms with E-state index in [1.807, 2.05) is 13.8 Å². The minimum atomic E-state index is -0.953. The van der Waals surface area contributed by atoms with Crippen LogP contribution in [0.4, 0.5) is 0 Å². The number of ether oxygens (including phenoxy) is 1. The van der Waals surface area contributed by atoms with Gasteiger partial charge in [-0.25, -0.2) is 0 Å². The van der Waals surface area contributed by atoms with Crippen LogP contribution < -0.4 is 4.74 Å². The number of carbonyl (C=O) groups is 3. The Labute approximate surface area is 136 Å². The number of aliphatic carboxylic acids is 1. The van der Waals surface area contributed by atoms with Crippen LogP contribution in [-0.4, -0.2) is 46.4 Å². The molecule has 0 radical (unpaired) electrons. The lowest BCUT2D eigenvalue weighted by atomic mass is 10.1. The molecule has 0 aliphatic carbocycles. The fraction of sp³-hybridized carbons (Fsp3) is 0.471. The first-order chi connectivity index (χ1) is 10.7. The van der Waals surface area contributed by atoms with Gasteiger partial charge in [-0.15, -0.1) is 0 Å². The Hall–Kier alpha value is -2.37.